The maximum absolute atomic E-state index is 3.78. The van der Waals surface area contributed by atoms with Crippen LogP contribution < -0.4 is 5.32 Å². The van der Waals surface area contributed by atoms with E-state index in [-0.39, 0.29) is 0 Å². The van der Waals surface area contributed by atoms with Gasteiger partial charge in [-0.3, -0.25) is 0 Å². The van der Waals surface area contributed by atoms with Crippen LogP contribution in [0.5, 0.6) is 0 Å². The normalized spacial score (nSPS) is 34.7. The van der Waals surface area contributed by atoms with Crippen molar-refractivity contribution in [2.24, 2.45) is 5.41 Å². The van der Waals surface area contributed by atoms with Gasteiger partial charge in [0, 0.05) is 25.2 Å². The van der Waals surface area contributed by atoms with Crippen LogP contribution in [0.4, 0.5) is 0 Å². The molecule has 1 unspecified atom stereocenters. The third-order valence-corrected chi connectivity index (χ3v) is 4.74. The Kier molecular flexibility index (Phi) is 2.97. The van der Waals surface area contributed by atoms with Gasteiger partial charge in [0.05, 0.1) is 0 Å². The topological polar surface area (TPSA) is 15.3 Å². The van der Waals surface area contributed by atoms with Gasteiger partial charge in [0.1, 0.15) is 0 Å². The van der Waals surface area contributed by atoms with E-state index >= 15 is 0 Å². The summed E-state index contributed by atoms with van der Waals surface area (Å²) in [7, 11) is 0. The molecule has 1 saturated heterocycles. The standard InChI is InChI=1S/C14H26N2/c1-14(7-2-3-8-14)11-16-9-6-13(10-16)15-12-4-5-12/h12-13,15H,2-11H2,1H3. The summed E-state index contributed by atoms with van der Waals surface area (Å²) in [4.78, 5) is 2.71. The number of hydrogen-bond donors (Lipinski definition) is 1. The highest BCUT2D eigenvalue weighted by molar-refractivity contribution is 4.92. The van der Waals surface area contributed by atoms with E-state index in [1.54, 1.807) is 0 Å². The number of nitrogens with one attached hydrogen (secondary N) is 1. The Hall–Kier alpha value is -0.0800. The van der Waals surface area contributed by atoms with Crippen molar-refractivity contribution in [3.8, 4) is 0 Å². The van der Waals surface area contributed by atoms with Crippen molar-refractivity contribution < 1.29 is 0 Å². The molecule has 0 radical (unpaired) electrons. The molecule has 0 bridgehead atoms. The average molecular weight is 222 g/mol. The molecule has 0 spiro atoms. The van der Waals surface area contributed by atoms with Gasteiger partial charge in [-0.15, -0.1) is 0 Å². The Morgan fingerprint density at radius 3 is 2.56 bits per heavy atom. The molecule has 3 rings (SSSR count). The second kappa shape index (κ2) is 4.30. The largest absolute Gasteiger partial charge is 0.310 e. The molecule has 2 saturated carbocycles. The minimum Gasteiger partial charge on any atom is -0.310 e. The summed E-state index contributed by atoms with van der Waals surface area (Å²) in [5.41, 5.74) is 0.647. The van der Waals surface area contributed by atoms with Gasteiger partial charge in [-0.1, -0.05) is 19.8 Å². The molecule has 1 aliphatic heterocycles. The van der Waals surface area contributed by atoms with E-state index in [2.05, 4.69) is 17.1 Å². The van der Waals surface area contributed by atoms with Crippen molar-refractivity contribution in [2.45, 2.75) is 64.0 Å². The molecule has 0 aromatic heterocycles. The van der Waals surface area contributed by atoms with E-state index in [9.17, 15) is 0 Å². The Balaban J connectivity index is 1.45. The van der Waals surface area contributed by atoms with Crippen LogP contribution in [0.3, 0.4) is 0 Å². The maximum Gasteiger partial charge on any atom is 0.0209 e. The summed E-state index contributed by atoms with van der Waals surface area (Å²) < 4.78 is 0. The predicted octanol–water partition coefficient (Wildman–Crippen LogP) is 2.39. The van der Waals surface area contributed by atoms with Crippen LogP contribution in [-0.2, 0) is 0 Å². The minimum absolute atomic E-state index is 0.647. The van der Waals surface area contributed by atoms with Gasteiger partial charge in [-0.05, 0) is 44.1 Å². The van der Waals surface area contributed by atoms with Crippen LogP contribution in [0.2, 0.25) is 0 Å². The van der Waals surface area contributed by atoms with Crippen molar-refractivity contribution >= 4 is 0 Å². The number of likely N-dealkylation sites (tertiary alicyclic amines) is 1. The lowest BCUT2D eigenvalue weighted by Gasteiger charge is -2.29. The number of hydrogen-bond acceptors (Lipinski definition) is 2. The van der Waals surface area contributed by atoms with E-state index in [0.29, 0.717) is 5.41 Å². The Labute approximate surface area is 99.8 Å². The van der Waals surface area contributed by atoms with Crippen LogP contribution in [0.25, 0.3) is 0 Å². The van der Waals surface area contributed by atoms with Gasteiger partial charge in [0.2, 0.25) is 0 Å². The highest BCUT2D eigenvalue weighted by atomic mass is 15.2. The fraction of sp³-hybridized carbons (Fsp3) is 1.00. The average Bonchev–Trinajstić information content (AvgIpc) is 2.78. The van der Waals surface area contributed by atoms with Crippen LogP contribution in [0, 0.1) is 5.41 Å². The molecule has 16 heavy (non-hydrogen) atoms. The van der Waals surface area contributed by atoms with E-state index in [1.807, 2.05) is 0 Å². The molecular weight excluding hydrogens is 196 g/mol. The highest BCUT2D eigenvalue weighted by Crippen LogP contribution is 2.38. The molecule has 0 aromatic rings. The third-order valence-electron chi connectivity index (χ3n) is 4.74. The van der Waals surface area contributed by atoms with Gasteiger partial charge >= 0.3 is 0 Å². The first-order chi connectivity index (χ1) is 7.73. The van der Waals surface area contributed by atoms with Crippen LogP contribution in [0.1, 0.15) is 51.9 Å². The summed E-state index contributed by atoms with van der Waals surface area (Å²) in [6.45, 7) is 6.50. The van der Waals surface area contributed by atoms with Gasteiger partial charge in [-0.2, -0.15) is 0 Å². The molecular formula is C14H26N2. The molecule has 3 aliphatic rings. The lowest BCUT2D eigenvalue weighted by atomic mass is 9.88. The van der Waals surface area contributed by atoms with Gasteiger partial charge < -0.3 is 10.2 Å². The summed E-state index contributed by atoms with van der Waals surface area (Å²) in [5, 5.41) is 3.78. The van der Waals surface area contributed by atoms with Crippen molar-refractivity contribution in [3.05, 3.63) is 0 Å². The quantitative estimate of drug-likeness (QED) is 0.786. The molecule has 2 heteroatoms. The monoisotopic (exact) mass is 222 g/mol. The molecule has 1 heterocycles. The SMILES string of the molecule is CC1(CN2CCC(NC3CC3)C2)CCCC1. The smallest absolute Gasteiger partial charge is 0.0209 e. The van der Waals surface area contributed by atoms with E-state index in [4.69, 9.17) is 0 Å². The van der Waals surface area contributed by atoms with E-state index < -0.39 is 0 Å². The Bertz CT molecular complexity index is 241. The first kappa shape index (κ1) is 11.0. The van der Waals surface area contributed by atoms with Crippen LogP contribution >= 0.6 is 0 Å². The van der Waals surface area contributed by atoms with Gasteiger partial charge in [0.25, 0.3) is 0 Å². The molecule has 2 nitrogen and oxygen atoms in total. The second-order valence-corrected chi connectivity index (χ2v) is 6.68. The van der Waals surface area contributed by atoms with Crippen molar-refractivity contribution in [1.29, 1.82) is 0 Å². The molecule has 1 N–H and O–H groups in total. The molecule has 1 atom stereocenters. The van der Waals surface area contributed by atoms with E-state index in [0.717, 1.165) is 12.1 Å². The summed E-state index contributed by atoms with van der Waals surface area (Å²) in [6.07, 6.45) is 10.1. The molecule has 2 aliphatic carbocycles. The van der Waals surface area contributed by atoms with Crippen molar-refractivity contribution in [2.75, 3.05) is 19.6 Å². The lowest BCUT2D eigenvalue weighted by Crippen LogP contribution is -2.37. The summed E-state index contributed by atoms with van der Waals surface area (Å²) >= 11 is 0. The third kappa shape index (κ3) is 2.60. The van der Waals surface area contributed by atoms with Crippen molar-refractivity contribution in [1.82, 2.24) is 10.2 Å². The lowest BCUT2D eigenvalue weighted by molar-refractivity contribution is 0.193. The zero-order valence-corrected chi connectivity index (χ0v) is 10.7. The first-order valence-electron chi connectivity index (χ1n) is 7.22. The molecule has 92 valence electrons. The Morgan fingerprint density at radius 2 is 1.88 bits per heavy atom. The zero-order valence-electron chi connectivity index (χ0n) is 10.7. The van der Waals surface area contributed by atoms with Gasteiger partial charge in [0.15, 0.2) is 0 Å². The fourth-order valence-electron chi connectivity index (χ4n) is 3.62. The predicted molar refractivity (Wildman–Crippen MR) is 67.6 cm³/mol. The maximum atomic E-state index is 3.78. The molecule has 0 aromatic carbocycles. The first-order valence-corrected chi connectivity index (χ1v) is 7.22. The summed E-state index contributed by atoms with van der Waals surface area (Å²) in [6, 6.07) is 1.68. The van der Waals surface area contributed by atoms with Crippen molar-refractivity contribution in [3.63, 3.8) is 0 Å². The van der Waals surface area contributed by atoms with Gasteiger partial charge in [-0.25, -0.2) is 0 Å². The van der Waals surface area contributed by atoms with Crippen LogP contribution in [-0.4, -0.2) is 36.6 Å². The number of rotatable bonds is 4. The van der Waals surface area contributed by atoms with Crippen LogP contribution in [0.15, 0.2) is 0 Å². The second-order valence-electron chi connectivity index (χ2n) is 6.68. The zero-order chi connectivity index (χ0) is 11.0. The number of nitrogens with zero attached hydrogens (tertiary/aromatic N) is 1. The minimum atomic E-state index is 0.647. The summed E-state index contributed by atoms with van der Waals surface area (Å²) in [5.74, 6) is 0. The highest BCUT2D eigenvalue weighted by Gasteiger charge is 2.34. The molecule has 3 fully saturated rings. The molecule has 0 amide bonds. The van der Waals surface area contributed by atoms with E-state index in [1.165, 1.54) is 64.6 Å². The fourth-order valence-corrected chi connectivity index (χ4v) is 3.62. The Morgan fingerprint density at radius 1 is 1.12 bits per heavy atom.